The van der Waals surface area contributed by atoms with E-state index in [2.05, 4.69) is 5.32 Å². The molecule has 2 fully saturated rings. The first-order chi connectivity index (χ1) is 4.87. The van der Waals surface area contributed by atoms with Crippen LogP contribution in [0.3, 0.4) is 0 Å². The minimum absolute atomic E-state index is 0.677. The van der Waals surface area contributed by atoms with Crippen LogP contribution in [0.4, 0.5) is 0 Å². The Morgan fingerprint density at radius 3 is 2.80 bits per heavy atom. The highest BCUT2D eigenvalue weighted by atomic mass is 16.5. The third-order valence-electron chi connectivity index (χ3n) is 2.88. The molecule has 1 spiro atoms. The fraction of sp³-hybridized carbons (Fsp3) is 1.00. The van der Waals surface area contributed by atoms with Crippen molar-refractivity contribution in [2.75, 3.05) is 26.8 Å². The lowest BCUT2D eigenvalue weighted by molar-refractivity contribution is -0.0592. The lowest BCUT2D eigenvalue weighted by atomic mass is 10.0. The van der Waals surface area contributed by atoms with Crippen LogP contribution in [0.1, 0.15) is 12.8 Å². The Balaban J connectivity index is 1.69. The van der Waals surface area contributed by atoms with Gasteiger partial charge < -0.3 is 10.1 Å². The first-order valence-electron chi connectivity index (χ1n) is 4.10. The van der Waals surface area contributed by atoms with E-state index in [0.717, 1.165) is 19.1 Å². The number of hydrogen-bond donors (Lipinski definition) is 1. The minimum Gasteiger partial charge on any atom is -0.380 e. The van der Waals surface area contributed by atoms with Crippen LogP contribution in [0.2, 0.25) is 0 Å². The minimum atomic E-state index is 0.677. The summed E-state index contributed by atoms with van der Waals surface area (Å²) < 4.78 is 5.19. The van der Waals surface area contributed by atoms with Gasteiger partial charge in [-0.3, -0.25) is 0 Å². The van der Waals surface area contributed by atoms with Gasteiger partial charge in [0.05, 0.1) is 13.2 Å². The van der Waals surface area contributed by atoms with Gasteiger partial charge in [0.15, 0.2) is 0 Å². The molecule has 0 amide bonds. The Labute approximate surface area is 61.9 Å². The number of nitrogens with one attached hydrogen (secondary N) is 1. The van der Waals surface area contributed by atoms with Gasteiger partial charge in [0.25, 0.3) is 0 Å². The normalized spacial score (nSPS) is 33.9. The molecule has 0 aromatic carbocycles. The van der Waals surface area contributed by atoms with Gasteiger partial charge in [-0.25, -0.2) is 0 Å². The van der Waals surface area contributed by atoms with E-state index in [9.17, 15) is 0 Å². The van der Waals surface area contributed by atoms with Crippen molar-refractivity contribution in [1.82, 2.24) is 5.32 Å². The fourth-order valence-electron chi connectivity index (χ4n) is 1.88. The SMILES string of the molecule is CNCCC1CC12COC2. The zero-order chi connectivity index (χ0) is 7.03. The van der Waals surface area contributed by atoms with E-state index < -0.39 is 0 Å². The summed E-state index contributed by atoms with van der Waals surface area (Å²) in [6, 6.07) is 0. The number of hydrogen-bond acceptors (Lipinski definition) is 2. The molecule has 1 saturated heterocycles. The van der Waals surface area contributed by atoms with Gasteiger partial charge in [0.2, 0.25) is 0 Å². The highest BCUT2D eigenvalue weighted by Crippen LogP contribution is 2.58. The average molecular weight is 141 g/mol. The molecule has 2 nitrogen and oxygen atoms in total. The molecule has 10 heavy (non-hydrogen) atoms. The summed E-state index contributed by atoms with van der Waals surface area (Å²) in [5, 5.41) is 3.18. The molecule has 0 aromatic rings. The second-order valence-corrected chi connectivity index (χ2v) is 3.65. The second kappa shape index (κ2) is 2.21. The maximum atomic E-state index is 5.19. The van der Waals surface area contributed by atoms with Crippen molar-refractivity contribution in [1.29, 1.82) is 0 Å². The summed E-state index contributed by atoms with van der Waals surface area (Å²) in [6.45, 7) is 3.26. The summed E-state index contributed by atoms with van der Waals surface area (Å²) in [5.74, 6) is 0.980. The monoisotopic (exact) mass is 141 g/mol. The Morgan fingerprint density at radius 1 is 1.60 bits per heavy atom. The number of ether oxygens (including phenoxy) is 1. The lowest BCUT2D eigenvalue weighted by Gasteiger charge is -2.27. The van der Waals surface area contributed by atoms with Gasteiger partial charge in [0, 0.05) is 5.41 Å². The first kappa shape index (κ1) is 6.62. The van der Waals surface area contributed by atoms with Crippen LogP contribution in [0.25, 0.3) is 0 Å². The largest absolute Gasteiger partial charge is 0.380 e. The average Bonchev–Trinajstić information content (AvgIpc) is 2.56. The van der Waals surface area contributed by atoms with Gasteiger partial charge in [-0.1, -0.05) is 0 Å². The zero-order valence-electron chi connectivity index (χ0n) is 6.52. The van der Waals surface area contributed by atoms with Crippen molar-refractivity contribution in [3.05, 3.63) is 0 Å². The second-order valence-electron chi connectivity index (χ2n) is 3.65. The Bertz CT molecular complexity index is 131. The molecule has 0 aromatic heterocycles. The van der Waals surface area contributed by atoms with E-state index in [0.29, 0.717) is 5.41 Å². The zero-order valence-corrected chi connectivity index (χ0v) is 6.52. The predicted molar refractivity (Wildman–Crippen MR) is 39.9 cm³/mol. The van der Waals surface area contributed by atoms with Crippen LogP contribution in [-0.4, -0.2) is 26.8 Å². The third-order valence-corrected chi connectivity index (χ3v) is 2.88. The first-order valence-corrected chi connectivity index (χ1v) is 4.10. The van der Waals surface area contributed by atoms with Gasteiger partial charge in [-0.05, 0) is 32.4 Å². The van der Waals surface area contributed by atoms with Crippen LogP contribution in [0.15, 0.2) is 0 Å². The van der Waals surface area contributed by atoms with Gasteiger partial charge in [-0.2, -0.15) is 0 Å². The Hall–Kier alpha value is -0.0800. The summed E-state index contributed by atoms with van der Waals surface area (Å²) in [6.07, 6.45) is 2.77. The van der Waals surface area contributed by atoms with Crippen molar-refractivity contribution < 1.29 is 4.74 Å². The van der Waals surface area contributed by atoms with E-state index >= 15 is 0 Å². The smallest absolute Gasteiger partial charge is 0.0547 e. The quantitative estimate of drug-likeness (QED) is 0.622. The topological polar surface area (TPSA) is 21.3 Å². The van der Waals surface area contributed by atoms with E-state index in [1.54, 1.807) is 0 Å². The molecule has 2 rings (SSSR count). The summed E-state index contributed by atoms with van der Waals surface area (Å²) in [5.41, 5.74) is 0.677. The molecule has 58 valence electrons. The summed E-state index contributed by atoms with van der Waals surface area (Å²) >= 11 is 0. The molecule has 2 aliphatic rings. The van der Waals surface area contributed by atoms with Crippen LogP contribution in [0.5, 0.6) is 0 Å². The van der Waals surface area contributed by atoms with E-state index in [1.807, 2.05) is 7.05 Å². The fourth-order valence-corrected chi connectivity index (χ4v) is 1.88. The molecule has 1 N–H and O–H groups in total. The molecule has 0 radical (unpaired) electrons. The summed E-state index contributed by atoms with van der Waals surface area (Å²) in [4.78, 5) is 0. The molecular formula is C8H15NO. The maximum absolute atomic E-state index is 5.19. The van der Waals surface area contributed by atoms with Crippen LogP contribution >= 0.6 is 0 Å². The highest BCUT2D eigenvalue weighted by Gasteiger charge is 2.58. The molecule has 2 heteroatoms. The molecule has 1 saturated carbocycles. The Kier molecular flexibility index (Phi) is 1.46. The molecule has 1 aliphatic heterocycles. The van der Waals surface area contributed by atoms with Crippen LogP contribution in [0, 0.1) is 11.3 Å². The maximum Gasteiger partial charge on any atom is 0.0547 e. The predicted octanol–water partition coefficient (Wildman–Crippen LogP) is 0.632. The number of rotatable bonds is 3. The van der Waals surface area contributed by atoms with Crippen molar-refractivity contribution in [2.45, 2.75) is 12.8 Å². The van der Waals surface area contributed by atoms with Crippen LogP contribution in [-0.2, 0) is 4.74 Å². The van der Waals surface area contributed by atoms with Gasteiger partial charge in [0.1, 0.15) is 0 Å². The van der Waals surface area contributed by atoms with E-state index in [1.165, 1.54) is 19.4 Å². The van der Waals surface area contributed by atoms with Crippen molar-refractivity contribution in [3.8, 4) is 0 Å². The summed E-state index contributed by atoms with van der Waals surface area (Å²) in [7, 11) is 2.02. The van der Waals surface area contributed by atoms with E-state index in [-0.39, 0.29) is 0 Å². The standard InChI is InChI=1S/C8H15NO/c1-9-3-2-7-4-8(7)5-10-6-8/h7,9H,2-6H2,1H3. The highest BCUT2D eigenvalue weighted by molar-refractivity contribution is 5.06. The third kappa shape index (κ3) is 0.867. The molecule has 1 heterocycles. The lowest BCUT2D eigenvalue weighted by Crippen LogP contribution is -2.31. The van der Waals surface area contributed by atoms with Crippen molar-refractivity contribution in [3.63, 3.8) is 0 Å². The molecular weight excluding hydrogens is 126 g/mol. The molecule has 1 unspecified atom stereocenters. The molecule has 1 aliphatic carbocycles. The van der Waals surface area contributed by atoms with Crippen LogP contribution < -0.4 is 5.32 Å². The molecule has 1 atom stereocenters. The van der Waals surface area contributed by atoms with Gasteiger partial charge in [-0.15, -0.1) is 0 Å². The van der Waals surface area contributed by atoms with E-state index in [4.69, 9.17) is 4.74 Å². The van der Waals surface area contributed by atoms with Crippen molar-refractivity contribution in [2.24, 2.45) is 11.3 Å². The molecule has 0 bridgehead atoms. The van der Waals surface area contributed by atoms with Crippen molar-refractivity contribution >= 4 is 0 Å². The van der Waals surface area contributed by atoms with Gasteiger partial charge >= 0.3 is 0 Å². The Morgan fingerprint density at radius 2 is 2.40 bits per heavy atom.